The van der Waals surface area contributed by atoms with E-state index in [0.29, 0.717) is 6.04 Å². The van der Waals surface area contributed by atoms with Crippen molar-refractivity contribution in [3.05, 3.63) is 29.3 Å². The van der Waals surface area contributed by atoms with Crippen LogP contribution in [0.4, 0.5) is 5.69 Å². The van der Waals surface area contributed by atoms with Crippen LogP contribution in [0.15, 0.2) is 18.2 Å². The van der Waals surface area contributed by atoms with E-state index in [-0.39, 0.29) is 5.91 Å². The first kappa shape index (κ1) is 11.0. The van der Waals surface area contributed by atoms with Crippen molar-refractivity contribution in [2.45, 2.75) is 32.7 Å². The Morgan fingerprint density at radius 1 is 1.38 bits per heavy atom. The van der Waals surface area contributed by atoms with Gasteiger partial charge >= 0.3 is 0 Å². The van der Waals surface area contributed by atoms with Crippen LogP contribution in [0.25, 0.3) is 0 Å². The van der Waals surface area contributed by atoms with E-state index in [0.717, 1.165) is 36.2 Å². The van der Waals surface area contributed by atoms with E-state index in [4.69, 9.17) is 0 Å². The summed E-state index contributed by atoms with van der Waals surface area (Å²) in [4.78, 5) is 11.7. The number of hydrogen-bond acceptors (Lipinski definition) is 2. The molecule has 1 aliphatic heterocycles. The molecule has 2 N–H and O–H groups in total. The highest BCUT2D eigenvalue weighted by molar-refractivity contribution is 5.96. The predicted octanol–water partition coefficient (Wildman–Crippen LogP) is 2.18. The van der Waals surface area contributed by atoms with Crippen LogP contribution in [0.3, 0.4) is 0 Å². The van der Waals surface area contributed by atoms with Crippen LogP contribution in [-0.2, 0) is 6.42 Å². The Morgan fingerprint density at radius 3 is 2.94 bits per heavy atom. The van der Waals surface area contributed by atoms with Crippen LogP contribution < -0.4 is 10.6 Å². The highest BCUT2D eigenvalue weighted by Gasteiger charge is 2.14. The Morgan fingerprint density at radius 2 is 2.19 bits per heavy atom. The standard InChI is InChI=1S/C13H18N2O/c1-9(2)15-11-5-6-12-10(8-11)4-3-7-14-13(12)16/h5-6,8-9,15H,3-4,7H2,1-2H3,(H,14,16). The molecule has 0 saturated heterocycles. The van der Waals surface area contributed by atoms with Crippen LogP contribution in [0.5, 0.6) is 0 Å². The molecule has 0 aromatic heterocycles. The molecule has 1 aliphatic rings. The molecule has 1 aromatic rings. The Balaban J connectivity index is 2.30. The summed E-state index contributed by atoms with van der Waals surface area (Å²) < 4.78 is 0. The number of amides is 1. The minimum Gasteiger partial charge on any atom is -0.383 e. The lowest BCUT2D eigenvalue weighted by atomic mass is 10.0. The van der Waals surface area contributed by atoms with E-state index in [9.17, 15) is 4.79 Å². The van der Waals surface area contributed by atoms with Gasteiger partial charge in [-0.1, -0.05) is 0 Å². The molecular formula is C13H18N2O. The molecule has 0 radical (unpaired) electrons. The summed E-state index contributed by atoms with van der Waals surface area (Å²) in [5, 5.41) is 6.26. The normalized spacial score (nSPS) is 15.3. The first-order chi connectivity index (χ1) is 7.66. The zero-order valence-corrected chi connectivity index (χ0v) is 9.84. The molecule has 1 amide bonds. The fourth-order valence-electron chi connectivity index (χ4n) is 2.02. The fraction of sp³-hybridized carbons (Fsp3) is 0.462. The summed E-state index contributed by atoms with van der Waals surface area (Å²) in [5.41, 5.74) is 3.08. The van der Waals surface area contributed by atoms with Gasteiger partial charge in [0.15, 0.2) is 0 Å². The lowest BCUT2D eigenvalue weighted by molar-refractivity contribution is 0.0956. The number of fused-ring (bicyclic) bond motifs is 1. The van der Waals surface area contributed by atoms with E-state index in [1.165, 1.54) is 0 Å². The van der Waals surface area contributed by atoms with Crippen LogP contribution >= 0.6 is 0 Å². The number of carbonyl (C=O) groups is 1. The maximum atomic E-state index is 11.7. The van der Waals surface area contributed by atoms with Crippen molar-refractivity contribution in [1.29, 1.82) is 0 Å². The first-order valence-electron chi connectivity index (χ1n) is 5.84. The third-order valence-electron chi connectivity index (χ3n) is 2.71. The maximum Gasteiger partial charge on any atom is 0.251 e. The number of nitrogens with one attached hydrogen (secondary N) is 2. The molecule has 0 atom stereocenters. The summed E-state index contributed by atoms with van der Waals surface area (Å²) in [6.45, 7) is 5.00. The fourth-order valence-corrected chi connectivity index (χ4v) is 2.02. The highest BCUT2D eigenvalue weighted by atomic mass is 16.1. The zero-order valence-electron chi connectivity index (χ0n) is 9.84. The first-order valence-corrected chi connectivity index (χ1v) is 5.84. The second kappa shape index (κ2) is 4.56. The van der Waals surface area contributed by atoms with E-state index in [1.807, 2.05) is 12.1 Å². The van der Waals surface area contributed by atoms with Gasteiger partial charge < -0.3 is 10.6 Å². The van der Waals surface area contributed by atoms with Gasteiger partial charge in [0, 0.05) is 23.8 Å². The predicted molar refractivity (Wildman–Crippen MR) is 65.9 cm³/mol. The largest absolute Gasteiger partial charge is 0.383 e. The molecular weight excluding hydrogens is 200 g/mol. The van der Waals surface area contributed by atoms with Crippen molar-refractivity contribution >= 4 is 11.6 Å². The van der Waals surface area contributed by atoms with Crippen molar-refractivity contribution in [3.63, 3.8) is 0 Å². The molecule has 16 heavy (non-hydrogen) atoms. The molecule has 1 aromatic carbocycles. The molecule has 86 valence electrons. The monoisotopic (exact) mass is 218 g/mol. The minimum atomic E-state index is 0.0589. The molecule has 0 unspecified atom stereocenters. The van der Waals surface area contributed by atoms with Gasteiger partial charge in [-0.25, -0.2) is 0 Å². The van der Waals surface area contributed by atoms with Gasteiger partial charge in [-0.05, 0) is 50.5 Å². The Labute approximate surface area is 96.2 Å². The second-order valence-electron chi connectivity index (χ2n) is 4.53. The molecule has 0 fully saturated rings. The topological polar surface area (TPSA) is 41.1 Å². The van der Waals surface area contributed by atoms with Crippen molar-refractivity contribution < 1.29 is 4.79 Å². The molecule has 0 spiro atoms. The lowest BCUT2D eigenvalue weighted by Gasteiger charge is -2.12. The van der Waals surface area contributed by atoms with Gasteiger partial charge in [0.05, 0.1) is 0 Å². The summed E-state index contributed by atoms with van der Waals surface area (Å²) in [5.74, 6) is 0.0589. The number of rotatable bonds is 2. The summed E-state index contributed by atoms with van der Waals surface area (Å²) in [6.07, 6.45) is 1.99. The number of benzene rings is 1. The summed E-state index contributed by atoms with van der Waals surface area (Å²) in [6, 6.07) is 6.41. The van der Waals surface area contributed by atoms with Crippen LogP contribution in [0, 0.1) is 0 Å². The van der Waals surface area contributed by atoms with E-state index in [1.54, 1.807) is 0 Å². The van der Waals surface area contributed by atoms with Crippen molar-refractivity contribution in [1.82, 2.24) is 5.32 Å². The van der Waals surface area contributed by atoms with Gasteiger partial charge in [-0.15, -0.1) is 0 Å². The second-order valence-corrected chi connectivity index (χ2v) is 4.53. The molecule has 0 saturated carbocycles. The number of anilines is 1. The number of carbonyl (C=O) groups excluding carboxylic acids is 1. The SMILES string of the molecule is CC(C)Nc1ccc2c(c1)CCCNC2=O. The highest BCUT2D eigenvalue weighted by Crippen LogP contribution is 2.20. The van der Waals surface area contributed by atoms with Gasteiger partial charge in [-0.2, -0.15) is 0 Å². The average Bonchev–Trinajstić information content (AvgIpc) is 2.40. The third kappa shape index (κ3) is 2.35. The number of aryl methyl sites for hydroxylation is 1. The minimum absolute atomic E-state index is 0.0589. The van der Waals surface area contributed by atoms with Gasteiger partial charge in [-0.3, -0.25) is 4.79 Å². The molecule has 2 rings (SSSR count). The summed E-state index contributed by atoms with van der Waals surface area (Å²) in [7, 11) is 0. The van der Waals surface area contributed by atoms with E-state index < -0.39 is 0 Å². The number of hydrogen-bond donors (Lipinski definition) is 2. The maximum absolute atomic E-state index is 11.7. The van der Waals surface area contributed by atoms with Crippen LogP contribution in [0.1, 0.15) is 36.2 Å². The van der Waals surface area contributed by atoms with Gasteiger partial charge in [0.25, 0.3) is 5.91 Å². The van der Waals surface area contributed by atoms with E-state index >= 15 is 0 Å². The smallest absolute Gasteiger partial charge is 0.251 e. The van der Waals surface area contributed by atoms with E-state index in [2.05, 4.69) is 30.5 Å². The zero-order chi connectivity index (χ0) is 11.5. The summed E-state index contributed by atoms with van der Waals surface area (Å²) >= 11 is 0. The van der Waals surface area contributed by atoms with Crippen molar-refractivity contribution in [2.24, 2.45) is 0 Å². The average molecular weight is 218 g/mol. The lowest BCUT2D eigenvalue weighted by Crippen LogP contribution is -2.22. The van der Waals surface area contributed by atoms with Crippen molar-refractivity contribution in [3.8, 4) is 0 Å². The van der Waals surface area contributed by atoms with Gasteiger partial charge in [0.2, 0.25) is 0 Å². The molecule has 3 nitrogen and oxygen atoms in total. The molecule has 0 aliphatic carbocycles. The van der Waals surface area contributed by atoms with Gasteiger partial charge in [0.1, 0.15) is 0 Å². The van der Waals surface area contributed by atoms with Crippen molar-refractivity contribution in [2.75, 3.05) is 11.9 Å². The molecule has 3 heteroatoms. The Bertz CT molecular complexity index is 399. The van der Waals surface area contributed by atoms with Crippen LogP contribution in [0.2, 0.25) is 0 Å². The Kier molecular flexibility index (Phi) is 3.13. The third-order valence-corrected chi connectivity index (χ3v) is 2.71. The molecule has 0 bridgehead atoms. The Hall–Kier alpha value is -1.51. The molecule has 1 heterocycles. The quantitative estimate of drug-likeness (QED) is 0.799. The van der Waals surface area contributed by atoms with Crippen LogP contribution in [-0.4, -0.2) is 18.5 Å².